The van der Waals surface area contributed by atoms with Gasteiger partial charge in [0, 0.05) is 21.7 Å². The van der Waals surface area contributed by atoms with Crippen LogP contribution in [0.1, 0.15) is 553 Å². The minimum Gasteiger partial charge on any atom is -0.0888 e. The predicted molar refractivity (Wildman–Crippen MR) is 554 cm³/mol. The minimum absolute atomic E-state index is 0.246. The van der Waals surface area contributed by atoms with Crippen LogP contribution in [-0.2, 0) is 0 Å². The van der Waals surface area contributed by atoms with Crippen molar-refractivity contribution in [3.8, 4) is 0 Å². The van der Waals surface area contributed by atoms with E-state index in [0.717, 1.165) is 167 Å². The lowest BCUT2D eigenvalue weighted by Crippen LogP contribution is -2.60. The molecule has 0 nitrogen and oxygen atoms in total. The van der Waals surface area contributed by atoms with Crippen molar-refractivity contribution in [2.75, 3.05) is 0 Å². The zero-order valence-electron chi connectivity index (χ0n) is 84.1. The SMILES string of the molecule is CCC=CCCC(C=CCCCCC)(C(C=CCCCC)(CC)CC=CCCC)C(CC=CCCCC)(CCC=CCCC)C(C=CCCCCCC)(CC=CCCCCC)C(CCC=CCCCC)=C(C=CCCCCCCC)C(CC=CCCCCCC)(CCC=CCCCCC)/C(=C\CCCCCCCCC)CC=CCCCCCCC. The molecule has 0 bridgehead atoms. The molecule has 0 saturated carbocycles. The average molecular weight is 1660 g/mol. The summed E-state index contributed by atoms with van der Waals surface area (Å²) in [5.74, 6) is 0. The fourth-order valence-electron chi connectivity index (χ4n) is 19.6. The number of hydrogen-bond acceptors (Lipinski definition) is 0. The summed E-state index contributed by atoms with van der Waals surface area (Å²) in [6.45, 7) is 36.4. The second-order valence-corrected chi connectivity index (χ2v) is 37.2. The van der Waals surface area contributed by atoms with Gasteiger partial charge in [-0.3, -0.25) is 0 Å². The molecule has 0 aliphatic heterocycles. The average Bonchev–Trinajstić information content (AvgIpc) is 0.684. The van der Waals surface area contributed by atoms with Crippen LogP contribution in [0.4, 0.5) is 0 Å². The largest absolute Gasteiger partial charge is 0.0888 e. The molecular weight excluding hydrogens is 1440 g/mol. The highest BCUT2D eigenvalue weighted by Gasteiger charge is 2.66. The van der Waals surface area contributed by atoms with E-state index >= 15 is 0 Å². The van der Waals surface area contributed by atoms with Crippen LogP contribution in [0.2, 0.25) is 0 Å². The van der Waals surface area contributed by atoms with Crippen LogP contribution in [-0.4, -0.2) is 0 Å². The molecule has 0 aromatic heterocycles. The second-order valence-electron chi connectivity index (χ2n) is 37.2. The maximum absolute atomic E-state index is 3.16. The Morgan fingerprint density at radius 2 is 0.567 bits per heavy atom. The van der Waals surface area contributed by atoms with Gasteiger partial charge in [0.05, 0.1) is 0 Å². The quantitative estimate of drug-likeness (QED) is 0.0323. The van der Waals surface area contributed by atoms with Crippen molar-refractivity contribution in [3.63, 3.8) is 0 Å². The molecule has 5 unspecified atom stereocenters. The molecule has 0 aromatic rings. The molecule has 0 fully saturated rings. The van der Waals surface area contributed by atoms with Gasteiger partial charge in [-0.05, 0) is 242 Å². The van der Waals surface area contributed by atoms with Crippen LogP contribution in [0.5, 0.6) is 0 Å². The summed E-state index contributed by atoms with van der Waals surface area (Å²) in [6, 6.07) is 0. The summed E-state index contributed by atoms with van der Waals surface area (Å²) < 4.78 is 0. The van der Waals surface area contributed by atoms with E-state index in [-0.39, 0.29) is 21.7 Å². The lowest BCUT2D eigenvalue weighted by molar-refractivity contribution is -0.0967. The van der Waals surface area contributed by atoms with E-state index in [1.165, 1.54) is 283 Å². The topological polar surface area (TPSA) is 0 Å². The monoisotopic (exact) mass is 1650 g/mol. The van der Waals surface area contributed by atoms with Crippen molar-refractivity contribution >= 4 is 0 Å². The Morgan fingerprint density at radius 1 is 0.225 bits per heavy atom. The van der Waals surface area contributed by atoms with E-state index in [9.17, 15) is 0 Å². The van der Waals surface area contributed by atoms with E-state index in [1.807, 2.05) is 5.57 Å². The fourth-order valence-corrected chi connectivity index (χ4v) is 19.6. The lowest BCUT2D eigenvalue weighted by Gasteiger charge is -2.67. The Kier molecular flexibility index (Phi) is 83.1. The third-order valence-electron chi connectivity index (χ3n) is 27.0. The van der Waals surface area contributed by atoms with Gasteiger partial charge in [0.15, 0.2) is 0 Å². The van der Waals surface area contributed by atoms with Crippen molar-refractivity contribution in [2.24, 2.45) is 27.1 Å². The molecule has 692 valence electrons. The molecule has 0 aliphatic carbocycles. The van der Waals surface area contributed by atoms with Gasteiger partial charge in [-0.1, -0.05) is 497 Å². The standard InChI is InChI=1S/C120H212/c1-16-31-45-59-67-70-74-85-99-113(100-86-75-71-68-60-46-32-17-2)117(105-91-81-72-62-48-34-19-4,106-92-82-73-63-49-35-20-5)114(101-87-77-69-61-47-33-18-3)115(102-88-76-64-50-36-21-6)118(107-93-83-65-51-37-22-7,108-94-84-66-52-38-23-8)120(111-97-79-54-40-25-10,112-98-80-55-41-26-11)119(109-95-58-44-29-14,110-96-78-53-39-24-9)116(30-15,103-89-56-42-27-12)104-90-57-43-28-13/h44,54,56,58,64,72,74,76,79-83,85,87,89-90,92-94,96,98,100-101,104,108,110H,16-43,45-53,55,57,59-63,65-71,73,75,77-78,84,86,88,91,95,97,99,102-103,105-107,109,111-112H2,1-15H3/b58-44?,76-64?,79-54?,81-72?,85-74?,89-56?,92-82?,93-83?,98-80?,101-87?,104-90?,108-94?,110-96?,113-100-,115-114?. The molecule has 0 spiro atoms. The Hall–Kier alpha value is -3.90. The summed E-state index contributed by atoms with van der Waals surface area (Å²) in [7, 11) is 0. The van der Waals surface area contributed by atoms with Gasteiger partial charge >= 0.3 is 0 Å². The molecular formula is C120H212. The molecule has 0 saturated heterocycles. The van der Waals surface area contributed by atoms with Gasteiger partial charge in [0.25, 0.3) is 0 Å². The van der Waals surface area contributed by atoms with Gasteiger partial charge in [0.1, 0.15) is 0 Å². The normalized spacial score (nSPS) is 15.9. The first-order valence-corrected chi connectivity index (χ1v) is 54.1. The second kappa shape index (κ2) is 85.9. The number of allylic oxidation sites excluding steroid dienone is 30. The van der Waals surface area contributed by atoms with E-state index in [4.69, 9.17) is 0 Å². The third kappa shape index (κ3) is 51.7. The summed E-state index contributed by atoms with van der Waals surface area (Å²) in [6.07, 6.45) is 160. The molecule has 0 heteroatoms. The zero-order valence-corrected chi connectivity index (χ0v) is 84.1. The van der Waals surface area contributed by atoms with E-state index < -0.39 is 5.41 Å². The lowest BCUT2D eigenvalue weighted by atomic mass is 9.36. The molecule has 0 N–H and O–H groups in total. The maximum Gasteiger partial charge on any atom is 0.0202 e. The van der Waals surface area contributed by atoms with Crippen LogP contribution in [0.15, 0.2) is 181 Å². The van der Waals surface area contributed by atoms with Crippen molar-refractivity contribution in [3.05, 3.63) is 181 Å². The molecule has 0 aromatic carbocycles. The van der Waals surface area contributed by atoms with Crippen molar-refractivity contribution in [2.45, 2.75) is 553 Å². The predicted octanol–water partition coefficient (Wildman–Crippen LogP) is 43.0. The van der Waals surface area contributed by atoms with E-state index in [1.54, 1.807) is 11.1 Å². The molecule has 0 radical (unpaired) electrons. The Morgan fingerprint density at radius 3 is 1.07 bits per heavy atom. The number of rotatable bonds is 89. The highest BCUT2D eigenvalue weighted by molar-refractivity contribution is 5.49. The highest BCUT2D eigenvalue weighted by atomic mass is 14.7. The molecule has 5 atom stereocenters. The van der Waals surface area contributed by atoms with Gasteiger partial charge in [-0.15, -0.1) is 0 Å². The summed E-state index contributed by atoms with van der Waals surface area (Å²) in [5, 5.41) is 0. The summed E-state index contributed by atoms with van der Waals surface area (Å²) >= 11 is 0. The zero-order chi connectivity index (χ0) is 87.8. The Labute approximate surface area is 756 Å². The molecule has 0 amide bonds. The number of hydrogen-bond donors (Lipinski definition) is 0. The van der Waals surface area contributed by atoms with Crippen LogP contribution in [0.25, 0.3) is 0 Å². The molecule has 0 rings (SSSR count). The van der Waals surface area contributed by atoms with Crippen LogP contribution in [0.3, 0.4) is 0 Å². The third-order valence-corrected chi connectivity index (χ3v) is 27.0. The van der Waals surface area contributed by atoms with E-state index in [2.05, 4.69) is 268 Å². The van der Waals surface area contributed by atoms with Gasteiger partial charge in [0.2, 0.25) is 0 Å². The summed E-state index contributed by atoms with van der Waals surface area (Å²) in [4.78, 5) is 0. The highest BCUT2D eigenvalue weighted by Crippen LogP contribution is 2.74. The Bertz CT molecular complexity index is 2700. The molecule has 120 heavy (non-hydrogen) atoms. The minimum atomic E-state index is -0.485. The van der Waals surface area contributed by atoms with Gasteiger partial charge < -0.3 is 0 Å². The first-order valence-electron chi connectivity index (χ1n) is 54.1. The van der Waals surface area contributed by atoms with Crippen molar-refractivity contribution in [1.82, 2.24) is 0 Å². The van der Waals surface area contributed by atoms with Crippen molar-refractivity contribution < 1.29 is 0 Å². The van der Waals surface area contributed by atoms with E-state index in [0.29, 0.717) is 0 Å². The van der Waals surface area contributed by atoms with Crippen LogP contribution >= 0.6 is 0 Å². The maximum atomic E-state index is 3.16. The molecule has 0 heterocycles. The first-order chi connectivity index (χ1) is 59.1. The first kappa shape index (κ1) is 116. The fraction of sp³-hybridized carbons (Fsp3) is 0.750. The van der Waals surface area contributed by atoms with Crippen LogP contribution in [0, 0.1) is 27.1 Å². The molecule has 0 aliphatic rings. The summed E-state index contributed by atoms with van der Waals surface area (Å²) in [5.41, 5.74) is 3.50. The van der Waals surface area contributed by atoms with Crippen LogP contribution < -0.4 is 0 Å². The van der Waals surface area contributed by atoms with Crippen molar-refractivity contribution in [1.29, 1.82) is 0 Å². The smallest absolute Gasteiger partial charge is 0.0202 e. The Balaban J connectivity index is 13.2. The van der Waals surface area contributed by atoms with Gasteiger partial charge in [-0.25, -0.2) is 0 Å². The number of unbranched alkanes of at least 4 members (excludes halogenated alkanes) is 42. The van der Waals surface area contributed by atoms with Gasteiger partial charge in [-0.2, -0.15) is 0 Å².